The van der Waals surface area contributed by atoms with Crippen LogP contribution in [0.25, 0.3) is 0 Å². The maximum absolute atomic E-state index is 13.0. The lowest BCUT2D eigenvalue weighted by Crippen LogP contribution is -2.26. The van der Waals surface area contributed by atoms with Crippen molar-refractivity contribution in [3.05, 3.63) is 77.9 Å². The fourth-order valence-electron chi connectivity index (χ4n) is 3.32. The lowest BCUT2D eigenvalue weighted by molar-refractivity contribution is -0.134. The Morgan fingerprint density at radius 1 is 0.886 bits per heavy atom. The lowest BCUT2D eigenvalue weighted by Gasteiger charge is -2.20. The third-order valence-electron chi connectivity index (χ3n) is 5.50. The van der Waals surface area contributed by atoms with Gasteiger partial charge in [0, 0.05) is 13.5 Å². The highest BCUT2D eigenvalue weighted by Gasteiger charge is 2.22. The van der Waals surface area contributed by atoms with Gasteiger partial charge < -0.3 is 14.2 Å². The summed E-state index contributed by atoms with van der Waals surface area (Å²) in [5.41, 5.74) is 2.40. The monoisotopic (exact) mass is 497 g/mol. The van der Waals surface area contributed by atoms with E-state index in [-0.39, 0.29) is 11.3 Å². The van der Waals surface area contributed by atoms with E-state index in [1.165, 1.54) is 11.4 Å². The van der Waals surface area contributed by atoms with E-state index in [1.54, 1.807) is 42.5 Å². The van der Waals surface area contributed by atoms with E-state index in [0.29, 0.717) is 42.6 Å². The number of rotatable bonds is 11. The molecule has 0 N–H and O–H groups in total. The molecule has 0 bridgehead atoms. The molecule has 0 aliphatic rings. The molecular formula is C27H31NO6S. The van der Waals surface area contributed by atoms with Crippen molar-refractivity contribution in [1.29, 1.82) is 0 Å². The molecule has 0 unspecified atom stereocenters. The Bertz CT molecular complexity index is 1250. The zero-order valence-electron chi connectivity index (χ0n) is 20.5. The minimum Gasteiger partial charge on any atom is -0.490 e. The molecule has 0 fully saturated rings. The van der Waals surface area contributed by atoms with Crippen molar-refractivity contribution in [1.82, 2.24) is 0 Å². The first-order chi connectivity index (χ1) is 16.7. The molecule has 8 heteroatoms. The predicted octanol–water partition coefficient (Wildman–Crippen LogP) is 5.29. The van der Waals surface area contributed by atoms with Crippen LogP contribution in [0.1, 0.15) is 30.9 Å². The fourth-order valence-corrected chi connectivity index (χ4v) is 4.60. The summed E-state index contributed by atoms with van der Waals surface area (Å²) < 4.78 is 43.8. The molecule has 3 aromatic rings. The van der Waals surface area contributed by atoms with Crippen LogP contribution in [0.3, 0.4) is 0 Å². The second-order valence-electron chi connectivity index (χ2n) is 8.02. The van der Waals surface area contributed by atoms with Gasteiger partial charge in [0.15, 0.2) is 11.5 Å². The normalized spacial score (nSPS) is 11.1. The van der Waals surface area contributed by atoms with E-state index >= 15 is 0 Å². The van der Waals surface area contributed by atoms with Crippen molar-refractivity contribution in [3.8, 4) is 17.2 Å². The van der Waals surface area contributed by atoms with Crippen LogP contribution in [0.15, 0.2) is 71.6 Å². The summed E-state index contributed by atoms with van der Waals surface area (Å²) in [5, 5.41) is 0. The van der Waals surface area contributed by atoms with E-state index in [1.807, 2.05) is 45.0 Å². The zero-order chi connectivity index (χ0) is 25.4. The molecule has 3 rings (SSSR count). The van der Waals surface area contributed by atoms with Crippen molar-refractivity contribution in [2.24, 2.45) is 0 Å². The maximum Gasteiger partial charge on any atom is 0.311 e. The average molecular weight is 498 g/mol. The van der Waals surface area contributed by atoms with Crippen LogP contribution in [0.2, 0.25) is 0 Å². The number of para-hydroxylation sites is 2. The van der Waals surface area contributed by atoms with Crippen LogP contribution in [0.4, 0.5) is 5.69 Å². The number of sulfonamides is 1. The molecule has 0 amide bonds. The summed E-state index contributed by atoms with van der Waals surface area (Å²) in [5.74, 6) is 1.26. The topological polar surface area (TPSA) is 82.1 Å². The first kappa shape index (κ1) is 26.1. The van der Waals surface area contributed by atoms with Gasteiger partial charge in [0.1, 0.15) is 5.75 Å². The molecule has 0 aliphatic heterocycles. The molecule has 7 nitrogen and oxygen atoms in total. The van der Waals surface area contributed by atoms with Crippen molar-refractivity contribution in [2.75, 3.05) is 24.6 Å². The molecule has 0 aliphatic carbocycles. The zero-order valence-corrected chi connectivity index (χ0v) is 21.3. The summed E-state index contributed by atoms with van der Waals surface area (Å²) in [7, 11) is -2.21. The van der Waals surface area contributed by atoms with Crippen LogP contribution in [0.5, 0.6) is 17.2 Å². The highest BCUT2D eigenvalue weighted by Crippen LogP contribution is 2.27. The standard InChI is InChI=1S/C27H31NO6S/c1-5-32-25-9-6-7-10-26(25)33-18-8-11-27(29)34-23-15-13-22(14-16-23)28(4)35(30,31)24-17-12-20(2)21(3)19-24/h6-7,9-10,12-17,19H,5,8,11,18H2,1-4H3. The van der Waals surface area contributed by atoms with Gasteiger partial charge in [0.25, 0.3) is 10.0 Å². The van der Waals surface area contributed by atoms with E-state index in [4.69, 9.17) is 14.2 Å². The molecule has 0 heterocycles. The Morgan fingerprint density at radius 2 is 1.54 bits per heavy atom. The Labute approximate surface area is 207 Å². The molecule has 0 saturated carbocycles. The van der Waals surface area contributed by atoms with E-state index in [9.17, 15) is 13.2 Å². The maximum atomic E-state index is 13.0. The Morgan fingerprint density at radius 3 is 2.17 bits per heavy atom. The van der Waals surface area contributed by atoms with E-state index < -0.39 is 16.0 Å². The third kappa shape index (κ3) is 6.76. The smallest absolute Gasteiger partial charge is 0.311 e. The summed E-state index contributed by atoms with van der Waals surface area (Å²) in [4.78, 5) is 12.4. The van der Waals surface area contributed by atoms with Gasteiger partial charge in [-0.3, -0.25) is 9.10 Å². The molecule has 35 heavy (non-hydrogen) atoms. The number of aryl methyl sites for hydroxylation is 2. The number of esters is 1. The van der Waals surface area contributed by atoms with E-state index in [2.05, 4.69) is 0 Å². The molecular weight excluding hydrogens is 466 g/mol. The second kappa shape index (κ2) is 11.8. The summed E-state index contributed by atoms with van der Waals surface area (Å²) in [6.07, 6.45) is 0.661. The van der Waals surface area contributed by atoms with Crippen LogP contribution in [-0.4, -0.2) is 34.6 Å². The summed E-state index contributed by atoms with van der Waals surface area (Å²) in [6.45, 7) is 6.60. The first-order valence-corrected chi connectivity index (χ1v) is 12.9. The SMILES string of the molecule is CCOc1ccccc1OCCCC(=O)Oc1ccc(N(C)S(=O)(=O)c2ccc(C)c(C)c2)cc1. The van der Waals surface area contributed by atoms with Gasteiger partial charge in [-0.05, 0) is 86.8 Å². The van der Waals surface area contributed by atoms with Crippen molar-refractivity contribution < 1.29 is 27.4 Å². The minimum atomic E-state index is -3.71. The molecule has 0 radical (unpaired) electrons. The number of anilines is 1. The van der Waals surface area contributed by atoms with Crippen molar-refractivity contribution in [2.45, 2.75) is 38.5 Å². The molecule has 0 atom stereocenters. The number of carbonyl (C=O) groups excluding carboxylic acids is 1. The van der Waals surface area contributed by atoms with E-state index in [0.717, 1.165) is 11.1 Å². The highest BCUT2D eigenvalue weighted by atomic mass is 32.2. The molecule has 0 spiro atoms. The van der Waals surface area contributed by atoms with Gasteiger partial charge in [-0.2, -0.15) is 0 Å². The van der Waals surface area contributed by atoms with Crippen molar-refractivity contribution >= 4 is 21.7 Å². The second-order valence-corrected chi connectivity index (χ2v) is 9.99. The number of nitrogens with zero attached hydrogens (tertiary/aromatic N) is 1. The van der Waals surface area contributed by atoms with Crippen molar-refractivity contribution in [3.63, 3.8) is 0 Å². The first-order valence-electron chi connectivity index (χ1n) is 11.4. The summed E-state index contributed by atoms with van der Waals surface area (Å²) >= 11 is 0. The Kier molecular flexibility index (Phi) is 8.76. The predicted molar refractivity (Wildman–Crippen MR) is 136 cm³/mol. The molecule has 0 saturated heterocycles. The molecule has 0 aromatic heterocycles. The largest absolute Gasteiger partial charge is 0.490 e. The Balaban J connectivity index is 1.52. The van der Waals surface area contributed by atoms with Crippen LogP contribution in [-0.2, 0) is 14.8 Å². The van der Waals surface area contributed by atoms with Gasteiger partial charge in [0.2, 0.25) is 0 Å². The highest BCUT2D eigenvalue weighted by molar-refractivity contribution is 7.92. The van der Waals surface area contributed by atoms with Crippen LogP contribution >= 0.6 is 0 Å². The van der Waals surface area contributed by atoms with Gasteiger partial charge >= 0.3 is 5.97 Å². The van der Waals surface area contributed by atoms with Crippen LogP contribution < -0.4 is 18.5 Å². The third-order valence-corrected chi connectivity index (χ3v) is 7.28. The average Bonchev–Trinajstić information content (AvgIpc) is 2.84. The number of benzene rings is 3. The minimum absolute atomic E-state index is 0.180. The Hall–Kier alpha value is -3.52. The molecule has 186 valence electrons. The quantitative estimate of drug-likeness (QED) is 0.203. The molecule has 3 aromatic carbocycles. The van der Waals surface area contributed by atoms with Gasteiger partial charge in [-0.1, -0.05) is 18.2 Å². The summed E-state index contributed by atoms with van der Waals surface area (Å²) in [6, 6.07) is 18.8. The number of hydrogen-bond acceptors (Lipinski definition) is 6. The lowest BCUT2D eigenvalue weighted by atomic mass is 10.1. The van der Waals surface area contributed by atoms with Crippen LogP contribution in [0, 0.1) is 13.8 Å². The van der Waals surface area contributed by atoms with Gasteiger partial charge in [0.05, 0.1) is 23.8 Å². The van der Waals surface area contributed by atoms with Gasteiger partial charge in [-0.25, -0.2) is 8.42 Å². The fraction of sp³-hybridized carbons (Fsp3) is 0.296. The number of carbonyl (C=O) groups is 1. The number of ether oxygens (including phenoxy) is 3. The van der Waals surface area contributed by atoms with Gasteiger partial charge in [-0.15, -0.1) is 0 Å². The number of hydrogen-bond donors (Lipinski definition) is 0.